The number of allylic oxidation sites excluding steroid dienone is 1. The Hall–Kier alpha value is -0.613. The lowest BCUT2D eigenvalue weighted by Crippen LogP contribution is -2.28. The van der Waals surface area contributed by atoms with Crippen LogP contribution in [0.5, 0.6) is 0 Å². The summed E-state index contributed by atoms with van der Waals surface area (Å²) in [7, 11) is 0.268. The van der Waals surface area contributed by atoms with Gasteiger partial charge in [0.15, 0.2) is 8.32 Å². The summed E-state index contributed by atoms with van der Waals surface area (Å²) < 4.78 is 10.4. The Morgan fingerprint density at radius 2 is 2.07 bits per heavy atom. The predicted octanol–water partition coefficient (Wildman–Crippen LogP) is 2.74. The van der Waals surface area contributed by atoms with E-state index in [0.29, 0.717) is 6.61 Å². The van der Waals surface area contributed by atoms with Crippen molar-refractivity contribution in [3.63, 3.8) is 0 Å². The zero-order valence-corrected chi connectivity index (χ0v) is 11.2. The molecule has 0 aliphatic carbocycles. The van der Waals surface area contributed by atoms with Crippen LogP contribution in [0.3, 0.4) is 0 Å². The van der Waals surface area contributed by atoms with Crippen LogP contribution >= 0.6 is 0 Å². The van der Waals surface area contributed by atoms with Crippen molar-refractivity contribution in [2.75, 3.05) is 13.7 Å². The minimum absolute atomic E-state index is 0.242. The van der Waals surface area contributed by atoms with E-state index in [2.05, 4.69) is 13.1 Å². The Morgan fingerprint density at radius 3 is 2.60 bits per heavy atom. The molecule has 0 radical (unpaired) electrons. The highest BCUT2D eigenvalue weighted by atomic mass is 28.4. The molecule has 0 bridgehead atoms. The Bertz CT molecular complexity index is 212. The van der Waals surface area contributed by atoms with E-state index < -0.39 is 8.32 Å². The number of hydrogen-bond donors (Lipinski definition) is 0. The van der Waals surface area contributed by atoms with Gasteiger partial charge in [0.05, 0.1) is 6.61 Å². The lowest BCUT2D eigenvalue weighted by atomic mass is 10.4. The van der Waals surface area contributed by atoms with Gasteiger partial charge in [-0.05, 0) is 32.0 Å². The van der Waals surface area contributed by atoms with Gasteiger partial charge in [0.1, 0.15) is 0 Å². The SMILES string of the molecule is CCC=CC(=O)OCCC[Si](C)(C)OC. The highest BCUT2D eigenvalue weighted by molar-refractivity contribution is 6.71. The minimum atomic E-state index is -1.48. The van der Waals surface area contributed by atoms with E-state index >= 15 is 0 Å². The van der Waals surface area contributed by atoms with E-state index in [1.54, 1.807) is 13.2 Å². The first-order chi connectivity index (χ1) is 7.02. The molecule has 0 heterocycles. The average Bonchev–Trinajstić information content (AvgIpc) is 2.21. The van der Waals surface area contributed by atoms with Gasteiger partial charge < -0.3 is 9.16 Å². The summed E-state index contributed by atoms with van der Waals surface area (Å²) in [6, 6.07) is 1.02. The standard InChI is InChI=1S/C11H22O3Si/c1-5-6-8-11(12)14-9-7-10-15(3,4)13-2/h6,8H,5,7,9-10H2,1-4H3. The van der Waals surface area contributed by atoms with Gasteiger partial charge in [-0.2, -0.15) is 0 Å². The number of carbonyl (C=O) groups is 1. The lowest BCUT2D eigenvalue weighted by Gasteiger charge is -2.19. The van der Waals surface area contributed by atoms with Gasteiger partial charge in [-0.3, -0.25) is 0 Å². The molecule has 0 amide bonds. The Labute approximate surface area is 93.6 Å². The molecule has 0 saturated heterocycles. The summed E-state index contributed by atoms with van der Waals surface area (Å²) in [6.45, 7) is 6.79. The largest absolute Gasteiger partial charge is 0.463 e. The molecule has 0 unspecified atom stereocenters. The van der Waals surface area contributed by atoms with Crippen molar-refractivity contribution in [1.82, 2.24) is 0 Å². The molecule has 88 valence electrons. The van der Waals surface area contributed by atoms with Crippen molar-refractivity contribution >= 4 is 14.3 Å². The van der Waals surface area contributed by atoms with Crippen molar-refractivity contribution in [2.45, 2.75) is 38.9 Å². The molecule has 0 aliphatic rings. The van der Waals surface area contributed by atoms with Gasteiger partial charge in [0, 0.05) is 13.2 Å². The average molecular weight is 230 g/mol. The molecular weight excluding hydrogens is 208 g/mol. The highest BCUT2D eigenvalue weighted by Gasteiger charge is 2.19. The molecule has 0 aliphatic heterocycles. The van der Waals surface area contributed by atoms with Crippen LogP contribution in [-0.2, 0) is 14.0 Å². The molecule has 0 aromatic heterocycles. The monoisotopic (exact) mass is 230 g/mol. The fraction of sp³-hybridized carbons (Fsp3) is 0.727. The third-order valence-electron chi connectivity index (χ3n) is 2.21. The molecule has 0 saturated carbocycles. The third kappa shape index (κ3) is 8.39. The van der Waals surface area contributed by atoms with Crippen LogP contribution in [-0.4, -0.2) is 28.0 Å². The normalized spacial score (nSPS) is 12.0. The third-order valence-corrected chi connectivity index (χ3v) is 4.87. The minimum Gasteiger partial charge on any atom is -0.463 e. The molecule has 0 fully saturated rings. The van der Waals surface area contributed by atoms with Crippen LogP contribution in [0.2, 0.25) is 19.1 Å². The van der Waals surface area contributed by atoms with Crippen molar-refractivity contribution in [3.8, 4) is 0 Å². The number of rotatable bonds is 7. The number of ether oxygens (including phenoxy) is 1. The Balaban J connectivity index is 3.55. The van der Waals surface area contributed by atoms with E-state index in [4.69, 9.17) is 9.16 Å². The summed E-state index contributed by atoms with van der Waals surface area (Å²) in [5.74, 6) is -0.242. The topological polar surface area (TPSA) is 35.5 Å². The van der Waals surface area contributed by atoms with Crippen LogP contribution in [0.1, 0.15) is 19.8 Å². The van der Waals surface area contributed by atoms with Crippen LogP contribution in [0.4, 0.5) is 0 Å². The fourth-order valence-corrected chi connectivity index (χ4v) is 2.23. The van der Waals surface area contributed by atoms with Gasteiger partial charge in [0.2, 0.25) is 0 Å². The summed E-state index contributed by atoms with van der Waals surface area (Å²) in [5.41, 5.74) is 0. The van der Waals surface area contributed by atoms with Crippen LogP contribution in [0.15, 0.2) is 12.2 Å². The first kappa shape index (κ1) is 14.4. The van der Waals surface area contributed by atoms with Crippen LogP contribution in [0.25, 0.3) is 0 Å². The van der Waals surface area contributed by atoms with Crippen LogP contribution in [0, 0.1) is 0 Å². The first-order valence-electron chi connectivity index (χ1n) is 5.40. The van der Waals surface area contributed by atoms with Gasteiger partial charge >= 0.3 is 5.97 Å². The lowest BCUT2D eigenvalue weighted by molar-refractivity contribution is -0.137. The summed E-state index contributed by atoms with van der Waals surface area (Å²) in [6.07, 6.45) is 5.03. The number of carbonyl (C=O) groups excluding carboxylic acids is 1. The second-order valence-electron chi connectivity index (χ2n) is 4.05. The first-order valence-corrected chi connectivity index (χ1v) is 8.52. The van der Waals surface area contributed by atoms with Gasteiger partial charge in [-0.15, -0.1) is 0 Å². The van der Waals surface area contributed by atoms with E-state index in [0.717, 1.165) is 18.9 Å². The molecule has 0 spiro atoms. The van der Waals surface area contributed by atoms with E-state index in [9.17, 15) is 4.79 Å². The smallest absolute Gasteiger partial charge is 0.330 e. The van der Waals surface area contributed by atoms with E-state index in [1.807, 2.05) is 6.92 Å². The second-order valence-corrected chi connectivity index (χ2v) is 8.47. The molecule has 0 atom stereocenters. The van der Waals surface area contributed by atoms with Gasteiger partial charge in [-0.25, -0.2) is 4.79 Å². The van der Waals surface area contributed by atoms with Crippen LogP contribution < -0.4 is 0 Å². The Kier molecular flexibility index (Phi) is 7.34. The maximum absolute atomic E-state index is 11.1. The fourth-order valence-electron chi connectivity index (χ4n) is 1.03. The molecule has 0 rings (SSSR count). The quantitative estimate of drug-likeness (QED) is 0.292. The maximum Gasteiger partial charge on any atom is 0.330 e. The van der Waals surface area contributed by atoms with Gasteiger partial charge in [-0.1, -0.05) is 13.0 Å². The van der Waals surface area contributed by atoms with Crippen molar-refractivity contribution in [3.05, 3.63) is 12.2 Å². The highest BCUT2D eigenvalue weighted by Crippen LogP contribution is 2.12. The van der Waals surface area contributed by atoms with Crippen molar-refractivity contribution in [1.29, 1.82) is 0 Å². The second kappa shape index (κ2) is 7.65. The summed E-state index contributed by atoms with van der Waals surface area (Å²) >= 11 is 0. The van der Waals surface area contributed by atoms with Crippen molar-refractivity contribution < 1.29 is 14.0 Å². The zero-order valence-electron chi connectivity index (χ0n) is 10.2. The number of hydrogen-bond acceptors (Lipinski definition) is 3. The summed E-state index contributed by atoms with van der Waals surface area (Å²) in [4.78, 5) is 11.1. The molecular formula is C11H22O3Si. The van der Waals surface area contributed by atoms with E-state index in [-0.39, 0.29) is 5.97 Å². The predicted molar refractivity (Wildman–Crippen MR) is 64.3 cm³/mol. The zero-order chi connectivity index (χ0) is 11.7. The molecule has 15 heavy (non-hydrogen) atoms. The molecule has 3 nitrogen and oxygen atoms in total. The molecule has 4 heteroatoms. The Morgan fingerprint density at radius 1 is 1.40 bits per heavy atom. The van der Waals surface area contributed by atoms with Crippen molar-refractivity contribution in [2.24, 2.45) is 0 Å². The maximum atomic E-state index is 11.1. The molecule has 0 aromatic rings. The number of esters is 1. The van der Waals surface area contributed by atoms with Gasteiger partial charge in [0.25, 0.3) is 0 Å². The molecule has 0 N–H and O–H groups in total. The summed E-state index contributed by atoms with van der Waals surface area (Å²) in [5, 5.41) is 0. The van der Waals surface area contributed by atoms with E-state index in [1.165, 1.54) is 6.08 Å². The molecule has 0 aromatic carbocycles.